The predicted molar refractivity (Wildman–Crippen MR) is 68.9 cm³/mol. The molecule has 1 atom stereocenters. The van der Waals surface area contributed by atoms with E-state index in [2.05, 4.69) is 0 Å². The molecule has 0 heterocycles. The van der Waals surface area contributed by atoms with Crippen molar-refractivity contribution in [3.05, 3.63) is 23.3 Å². The average Bonchev–Trinajstić information content (AvgIpc) is 2.43. The fourth-order valence-corrected chi connectivity index (χ4v) is 3.96. The second-order valence-electron chi connectivity index (χ2n) is 4.58. The van der Waals surface area contributed by atoms with Gasteiger partial charge >= 0.3 is 120 Å². The molecule has 0 saturated heterocycles. The Morgan fingerprint density at radius 2 is 2.00 bits per heavy atom. The summed E-state index contributed by atoms with van der Waals surface area (Å²) in [5.41, 5.74) is 2.73. The van der Waals surface area contributed by atoms with Crippen LogP contribution in [0.1, 0.15) is 36.3 Å². The molecule has 102 valence electrons. The number of nitrogens with two attached hydrogens (primary N) is 1. The normalized spacial score (nSPS) is 18.5. The van der Waals surface area contributed by atoms with E-state index >= 15 is 0 Å². The Kier molecular flexibility index (Phi) is 5.12. The molecule has 0 aromatic heterocycles. The number of alkyl halides is 1. The molecule has 0 bridgehead atoms. The van der Waals surface area contributed by atoms with Crippen molar-refractivity contribution in [3.8, 4) is 11.5 Å². The Balaban J connectivity index is 2.39. The van der Waals surface area contributed by atoms with E-state index in [1.54, 1.807) is 14.2 Å². The van der Waals surface area contributed by atoms with Crippen molar-refractivity contribution in [1.82, 2.24) is 0 Å². The first-order valence-corrected chi connectivity index (χ1v) is 9.10. The number of fused-ring (bicyclic) bond motifs is 1. The molecule has 4 heteroatoms. The van der Waals surface area contributed by atoms with Crippen LogP contribution in [0.5, 0.6) is 11.5 Å². The van der Waals surface area contributed by atoms with Crippen molar-refractivity contribution < 1.29 is 31.0 Å². The van der Waals surface area contributed by atoms with Crippen molar-refractivity contribution in [2.24, 2.45) is 3.95 Å². The van der Waals surface area contributed by atoms with E-state index in [-0.39, 0.29) is 21.5 Å². The fraction of sp³-hybridized carbons (Fsp3) is 0.571. The third-order valence-electron chi connectivity index (χ3n) is 3.67. The van der Waals surface area contributed by atoms with Crippen LogP contribution in [0, 0.1) is 0 Å². The first-order valence-electron chi connectivity index (χ1n) is 6.33. The van der Waals surface area contributed by atoms with Gasteiger partial charge < -0.3 is 0 Å². The van der Waals surface area contributed by atoms with E-state index in [1.165, 1.54) is 34.8 Å². The van der Waals surface area contributed by atoms with Crippen LogP contribution in [0.15, 0.2) is 12.1 Å². The van der Waals surface area contributed by atoms with Gasteiger partial charge in [0.1, 0.15) is 0 Å². The second kappa shape index (κ2) is 6.61. The van der Waals surface area contributed by atoms with Crippen molar-refractivity contribution in [2.75, 3.05) is 18.6 Å². The molecule has 0 aliphatic heterocycles. The van der Waals surface area contributed by atoms with Crippen LogP contribution in [0.2, 0.25) is 0 Å². The van der Waals surface area contributed by atoms with E-state index in [0.717, 1.165) is 17.9 Å². The Labute approximate surface area is 120 Å². The van der Waals surface area contributed by atoms with Gasteiger partial charge in [0.25, 0.3) is 0 Å². The summed E-state index contributed by atoms with van der Waals surface area (Å²) in [6.07, 6.45) is 4.79. The van der Waals surface area contributed by atoms with Crippen molar-refractivity contribution in [3.63, 3.8) is 0 Å². The monoisotopic (exact) mass is 362 g/mol. The molecular weight excluding hydrogens is 341 g/mol. The van der Waals surface area contributed by atoms with Gasteiger partial charge in [0.2, 0.25) is 0 Å². The van der Waals surface area contributed by atoms with Gasteiger partial charge in [-0.15, -0.1) is 0 Å². The molecule has 0 radical (unpaired) electrons. The molecule has 0 spiro atoms. The summed E-state index contributed by atoms with van der Waals surface area (Å²) in [5.74, 6) is 2.63. The zero-order valence-electron chi connectivity index (χ0n) is 11.0. The number of hydrogen-bond acceptors (Lipinski definition) is 3. The maximum absolute atomic E-state index is 5.75. The van der Waals surface area contributed by atoms with Gasteiger partial charge in [-0.05, 0) is 0 Å². The molecule has 1 unspecified atom stereocenters. The van der Waals surface area contributed by atoms with Crippen LogP contribution >= 0.6 is 0 Å². The maximum atomic E-state index is 5.75. The van der Waals surface area contributed by atoms with E-state index in [9.17, 15) is 0 Å². The zero-order valence-corrected chi connectivity index (χ0v) is 13.2. The minimum atomic E-state index is -0.108. The van der Waals surface area contributed by atoms with Crippen LogP contribution < -0.4 is 34.9 Å². The Morgan fingerprint density at radius 1 is 1.28 bits per heavy atom. The minimum absolute atomic E-state index is 0.108. The number of benzene rings is 1. The van der Waals surface area contributed by atoms with Gasteiger partial charge in [-0.1, -0.05) is 0 Å². The van der Waals surface area contributed by atoms with E-state index in [0.29, 0.717) is 5.92 Å². The summed E-state index contributed by atoms with van der Waals surface area (Å²) < 4.78 is 18.0. The number of rotatable bonds is 5. The third-order valence-corrected chi connectivity index (χ3v) is 4.91. The summed E-state index contributed by atoms with van der Waals surface area (Å²) in [5, 5.41) is 0. The second-order valence-corrected chi connectivity index (χ2v) is 6.54. The Morgan fingerprint density at radius 3 is 2.67 bits per heavy atom. The van der Waals surface area contributed by atoms with Gasteiger partial charge in [0.05, 0.1) is 0 Å². The van der Waals surface area contributed by atoms with Crippen molar-refractivity contribution in [2.45, 2.75) is 31.6 Å². The molecule has 0 fully saturated rings. The van der Waals surface area contributed by atoms with Gasteiger partial charge in [0.15, 0.2) is 0 Å². The van der Waals surface area contributed by atoms with Crippen LogP contribution in [-0.2, 0) is 6.42 Å². The average molecular weight is 362 g/mol. The zero-order chi connectivity index (χ0) is 13.0. The van der Waals surface area contributed by atoms with Gasteiger partial charge in [-0.25, -0.2) is 0 Å². The summed E-state index contributed by atoms with van der Waals surface area (Å²) in [6.45, 7) is 0. The molecule has 0 saturated carbocycles. The van der Waals surface area contributed by atoms with Crippen LogP contribution in [0.25, 0.3) is 0 Å². The predicted octanol–water partition coefficient (Wildman–Crippen LogP) is -0.523. The van der Waals surface area contributed by atoms with Crippen LogP contribution in [-0.4, -0.2) is 18.6 Å². The van der Waals surface area contributed by atoms with E-state index in [4.69, 9.17) is 13.4 Å². The summed E-state index contributed by atoms with van der Waals surface area (Å²) >= 11 is -0.108. The molecule has 0 amide bonds. The van der Waals surface area contributed by atoms with Crippen molar-refractivity contribution >= 4 is 0 Å². The molecule has 2 N–H and O–H groups in total. The molecule has 2 rings (SSSR count). The molecule has 3 nitrogen and oxygen atoms in total. The molecule has 1 aliphatic carbocycles. The number of hydrogen-bond donors (Lipinski definition) is 1. The molecule has 1 aromatic carbocycles. The van der Waals surface area contributed by atoms with Crippen molar-refractivity contribution in [1.29, 1.82) is 0 Å². The fourth-order valence-electron chi connectivity index (χ4n) is 2.85. The first-order chi connectivity index (χ1) is 8.81. The van der Waals surface area contributed by atoms with Crippen LogP contribution in [0.4, 0.5) is 0 Å². The Bertz CT molecular complexity index is 409. The quantitative estimate of drug-likeness (QED) is 0.436. The summed E-state index contributed by atoms with van der Waals surface area (Å²) in [6, 6.07) is 4.06. The molecule has 18 heavy (non-hydrogen) atoms. The number of methoxy groups -OCH3 is 2. The number of ether oxygens (including phenoxy) is 2. The third kappa shape index (κ3) is 2.74. The first kappa shape index (κ1) is 13.9. The standard InChI is InChI=1S/C14H21INO2/c1-17-12-6-7-13(18-2)14-10(8-9-15-16)4-3-5-11(12)14/h6-7,10H,3-5,8-9,16H2,1-2H3/q-1. The van der Waals surface area contributed by atoms with E-state index < -0.39 is 0 Å². The Hall–Kier alpha value is -0.490. The topological polar surface area (TPSA) is 44.5 Å². The SMILES string of the molecule is COc1ccc(OC)c2c1CCCC2CC[I-]N. The summed E-state index contributed by atoms with van der Waals surface area (Å²) in [4.78, 5) is 0. The number of halogens is 1. The van der Waals surface area contributed by atoms with Gasteiger partial charge in [0, 0.05) is 0 Å². The van der Waals surface area contributed by atoms with Gasteiger partial charge in [-0.3, -0.25) is 0 Å². The molecule has 1 aromatic rings. The summed E-state index contributed by atoms with van der Waals surface area (Å²) in [7, 11) is 3.50. The van der Waals surface area contributed by atoms with Crippen LogP contribution in [0.3, 0.4) is 0 Å². The van der Waals surface area contributed by atoms with Gasteiger partial charge in [-0.2, -0.15) is 0 Å². The molecule has 1 aliphatic rings. The van der Waals surface area contributed by atoms with E-state index in [1.807, 2.05) is 12.1 Å². The molecular formula is C14H21INO2-.